The molecule has 2 aromatic rings. The molecule has 0 radical (unpaired) electrons. The molecule has 112 valence electrons. The van der Waals surface area contributed by atoms with Gasteiger partial charge in [0.2, 0.25) is 5.88 Å². The summed E-state index contributed by atoms with van der Waals surface area (Å²) in [6.45, 7) is 6.36. The van der Waals surface area contributed by atoms with E-state index >= 15 is 0 Å². The van der Waals surface area contributed by atoms with Gasteiger partial charge in [0.25, 0.3) is 0 Å². The van der Waals surface area contributed by atoms with Crippen molar-refractivity contribution in [3.05, 3.63) is 52.2 Å². The smallest absolute Gasteiger partial charge is 0.233 e. The number of benzene rings is 1. The van der Waals surface area contributed by atoms with Crippen molar-refractivity contribution in [3.8, 4) is 5.88 Å². The summed E-state index contributed by atoms with van der Waals surface area (Å²) >= 11 is 0. The van der Waals surface area contributed by atoms with Gasteiger partial charge in [-0.05, 0) is 49.9 Å². The zero-order valence-electron chi connectivity index (χ0n) is 13.0. The molecule has 0 fully saturated rings. The third kappa shape index (κ3) is 3.56. The summed E-state index contributed by atoms with van der Waals surface area (Å²) in [6, 6.07) is 7.98. The van der Waals surface area contributed by atoms with E-state index in [0.29, 0.717) is 5.88 Å². The van der Waals surface area contributed by atoms with Crippen LogP contribution in [-0.4, -0.2) is 17.3 Å². The van der Waals surface area contributed by atoms with E-state index in [1.54, 1.807) is 13.2 Å². The van der Waals surface area contributed by atoms with Gasteiger partial charge in [0, 0.05) is 6.07 Å². The lowest BCUT2D eigenvalue weighted by molar-refractivity contribution is 0.389. The number of nitrogens with one attached hydrogen (secondary N) is 1. The first-order chi connectivity index (χ1) is 10.0. The highest BCUT2D eigenvalue weighted by molar-refractivity contribution is 5.38. The molecule has 1 aromatic heterocycles. The number of hydrazine groups is 1. The molecule has 0 spiro atoms. The second-order valence-corrected chi connectivity index (χ2v) is 5.30. The summed E-state index contributed by atoms with van der Waals surface area (Å²) in [6.07, 6.45) is 0.773. The van der Waals surface area contributed by atoms with Crippen molar-refractivity contribution < 1.29 is 4.74 Å². The Labute approximate surface area is 125 Å². The molecule has 0 aliphatic carbocycles. The molecule has 0 aliphatic rings. The Bertz CT molecular complexity index is 587. The van der Waals surface area contributed by atoms with Gasteiger partial charge < -0.3 is 4.74 Å². The molecule has 1 heterocycles. The summed E-state index contributed by atoms with van der Waals surface area (Å²) in [5.41, 5.74) is 8.74. The van der Waals surface area contributed by atoms with Crippen molar-refractivity contribution in [1.82, 2.24) is 15.6 Å². The van der Waals surface area contributed by atoms with Crippen LogP contribution in [0.3, 0.4) is 0 Å². The van der Waals surface area contributed by atoms with Crippen molar-refractivity contribution in [3.63, 3.8) is 0 Å². The average Bonchev–Trinajstić information content (AvgIpc) is 2.47. The van der Waals surface area contributed by atoms with E-state index in [2.05, 4.69) is 48.5 Å². The molecular formula is C16H22N4O. The minimum Gasteiger partial charge on any atom is -0.480 e. The third-order valence-corrected chi connectivity index (χ3v) is 3.68. The van der Waals surface area contributed by atoms with E-state index in [4.69, 9.17) is 10.6 Å². The molecule has 0 saturated heterocycles. The van der Waals surface area contributed by atoms with E-state index in [1.807, 2.05) is 6.07 Å². The van der Waals surface area contributed by atoms with Crippen LogP contribution in [0.15, 0.2) is 24.3 Å². The van der Waals surface area contributed by atoms with Crippen molar-refractivity contribution in [2.75, 3.05) is 7.11 Å². The molecule has 3 N–H and O–H groups in total. The Balaban J connectivity index is 2.26. The standard InChI is InChI=1S/C16H22N4O/c1-10-7-11(2)13(12(3)8-10)9-15(18-17)14-5-6-16(21-4)20-19-14/h5-8,15,18H,9,17H2,1-4H3. The van der Waals surface area contributed by atoms with Crippen LogP contribution in [0.1, 0.15) is 34.0 Å². The van der Waals surface area contributed by atoms with Gasteiger partial charge in [-0.15, -0.1) is 5.10 Å². The molecule has 0 aliphatic heterocycles. The molecule has 1 atom stereocenters. The first-order valence-corrected chi connectivity index (χ1v) is 6.95. The first-order valence-electron chi connectivity index (χ1n) is 6.95. The fourth-order valence-electron chi connectivity index (χ4n) is 2.61. The molecule has 1 unspecified atom stereocenters. The number of nitrogens with two attached hydrogens (primary N) is 1. The van der Waals surface area contributed by atoms with Gasteiger partial charge in [-0.1, -0.05) is 17.7 Å². The zero-order valence-corrected chi connectivity index (χ0v) is 13.0. The molecule has 2 rings (SSSR count). The predicted octanol–water partition coefficient (Wildman–Crippen LogP) is 2.16. The maximum Gasteiger partial charge on any atom is 0.233 e. The van der Waals surface area contributed by atoms with Crippen molar-refractivity contribution >= 4 is 0 Å². The van der Waals surface area contributed by atoms with Crippen LogP contribution in [0.2, 0.25) is 0 Å². The fourth-order valence-corrected chi connectivity index (χ4v) is 2.61. The summed E-state index contributed by atoms with van der Waals surface area (Å²) in [5, 5.41) is 8.18. The zero-order chi connectivity index (χ0) is 15.4. The van der Waals surface area contributed by atoms with Gasteiger partial charge >= 0.3 is 0 Å². The first kappa shape index (κ1) is 15.4. The summed E-state index contributed by atoms with van der Waals surface area (Å²) in [5.74, 6) is 6.20. The van der Waals surface area contributed by atoms with Crippen LogP contribution in [0, 0.1) is 20.8 Å². The maximum atomic E-state index is 5.70. The van der Waals surface area contributed by atoms with Crippen LogP contribution in [0.5, 0.6) is 5.88 Å². The Morgan fingerprint density at radius 2 is 1.81 bits per heavy atom. The number of nitrogens with zero attached hydrogens (tertiary/aromatic N) is 2. The Hall–Kier alpha value is -1.98. The van der Waals surface area contributed by atoms with Crippen molar-refractivity contribution in [2.45, 2.75) is 33.2 Å². The van der Waals surface area contributed by atoms with Crippen LogP contribution >= 0.6 is 0 Å². The lowest BCUT2D eigenvalue weighted by atomic mass is 9.93. The van der Waals surface area contributed by atoms with E-state index in [9.17, 15) is 0 Å². The summed E-state index contributed by atoms with van der Waals surface area (Å²) in [4.78, 5) is 0. The Morgan fingerprint density at radius 3 is 2.29 bits per heavy atom. The molecule has 0 amide bonds. The molecular weight excluding hydrogens is 264 g/mol. The Morgan fingerprint density at radius 1 is 1.14 bits per heavy atom. The highest BCUT2D eigenvalue weighted by atomic mass is 16.5. The van der Waals surface area contributed by atoms with Crippen LogP contribution in [0.4, 0.5) is 0 Å². The van der Waals surface area contributed by atoms with E-state index in [-0.39, 0.29) is 6.04 Å². The van der Waals surface area contributed by atoms with Gasteiger partial charge in [-0.2, -0.15) is 5.10 Å². The number of rotatable bonds is 5. The number of aromatic nitrogens is 2. The molecule has 5 nitrogen and oxygen atoms in total. The lowest BCUT2D eigenvalue weighted by Crippen LogP contribution is -2.30. The van der Waals surface area contributed by atoms with Gasteiger partial charge in [0.05, 0.1) is 18.8 Å². The molecule has 21 heavy (non-hydrogen) atoms. The van der Waals surface area contributed by atoms with E-state index in [1.165, 1.54) is 22.3 Å². The molecule has 0 saturated carbocycles. The minimum absolute atomic E-state index is 0.0801. The predicted molar refractivity (Wildman–Crippen MR) is 83.0 cm³/mol. The highest BCUT2D eigenvalue weighted by Gasteiger charge is 2.16. The Kier molecular flexibility index (Phi) is 4.88. The van der Waals surface area contributed by atoms with Crippen LogP contribution in [0.25, 0.3) is 0 Å². The molecule has 5 heteroatoms. The highest BCUT2D eigenvalue weighted by Crippen LogP contribution is 2.23. The fraction of sp³-hybridized carbons (Fsp3) is 0.375. The normalized spacial score (nSPS) is 12.2. The summed E-state index contributed by atoms with van der Waals surface area (Å²) < 4.78 is 5.03. The maximum absolute atomic E-state index is 5.70. The second-order valence-electron chi connectivity index (χ2n) is 5.30. The van der Waals surface area contributed by atoms with Crippen molar-refractivity contribution in [2.24, 2.45) is 5.84 Å². The third-order valence-electron chi connectivity index (χ3n) is 3.68. The SMILES string of the molecule is COc1ccc(C(Cc2c(C)cc(C)cc2C)NN)nn1. The minimum atomic E-state index is -0.0801. The topological polar surface area (TPSA) is 73.1 Å². The monoisotopic (exact) mass is 286 g/mol. The number of ether oxygens (including phenoxy) is 1. The number of hydrogen-bond donors (Lipinski definition) is 2. The second kappa shape index (κ2) is 6.65. The van der Waals surface area contributed by atoms with Crippen molar-refractivity contribution in [1.29, 1.82) is 0 Å². The van der Waals surface area contributed by atoms with E-state index < -0.39 is 0 Å². The van der Waals surface area contributed by atoms with Gasteiger partial charge in [-0.3, -0.25) is 11.3 Å². The average molecular weight is 286 g/mol. The number of aryl methyl sites for hydroxylation is 3. The summed E-state index contributed by atoms with van der Waals surface area (Å²) in [7, 11) is 1.57. The lowest BCUT2D eigenvalue weighted by Gasteiger charge is -2.18. The van der Waals surface area contributed by atoms with E-state index in [0.717, 1.165) is 12.1 Å². The largest absolute Gasteiger partial charge is 0.480 e. The van der Waals surface area contributed by atoms with Crippen LogP contribution < -0.4 is 16.0 Å². The number of hydrogen-bond acceptors (Lipinski definition) is 5. The van der Waals surface area contributed by atoms with Crippen LogP contribution in [-0.2, 0) is 6.42 Å². The van der Waals surface area contributed by atoms with Gasteiger partial charge in [0.1, 0.15) is 0 Å². The molecule has 1 aromatic carbocycles. The molecule has 0 bridgehead atoms. The number of methoxy groups -OCH3 is 1. The van der Waals surface area contributed by atoms with Gasteiger partial charge in [-0.25, -0.2) is 0 Å². The quantitative estimate of drug-likeness (QED) is 0.651. The van der Waals surface area contributed by atoms with Gasteiger partial charge in [0.15, 0.2) is 0 Å².